The lowest BCUT2D eigenvalue weighted by molar-refractivity contribution is -0.0459. The maximum atomic E-state index is 12.4. The Morgan fingerprint density at radius 1 is 1.38 bits per heavy atom. The van der Waals surface area contributed by atoms with E-state index in [0.29, 0.717) is 19.6 Å². The molecule has 1 aliphatic carbocycles. The molecule has 3 rings (SSSR count). The average Bonchev–Trinajstić information content (AvgIpc) is 2.43. The van der Waals surface area contributed by atoms with Crippen molar-refractivity contribution in [1.82, 2.24) is 10.2 Å². The van der Waals surface area contributed by atoms with Crippen LogP contribution in [0.5, 0.6) is 5.75 Å². The van der Waals surface area contributed by atoms with E-state index in [2.05, 4.69) is 11.4 Å². The number of para-hydroxylation sites is 1. The first-order valence-electron chi connectivity index (χ1n) is 8.74. The summed E-state index contributed by atoms with van der Waals surface area (Å²) >= 11 is 0. The molecule has 1 saturated heterocycles. The molecule has 0 unspecified atom stereocenters. The highest BCUT2D eigenvalue weighted by Crippen LogP contribution is 2.46. The molecule has 1 aromatic carbocycles. The Balaban J connectivity index is 1.60. The number of hydrogen-bond donors (Lipinski definition) is 2. The number of ether oxygens (including phenoxy) is 1. The third kappa shape index (κ3) is 3.09. The molecule has 5 nitrogen and oxygen atoms in total. The molecule has 1 heterocycles. The summed E-state index contributed by atoms with van der Waals surface area (Å²) in [5.41, 5.74) is 0.462. The van der Waals surface area contributed by atoms with Crippen LogP contribution in [0.15, 0.2) is 24.3 Å². The summed E-state index contributed by atoms with van der Waals surface area (Å²) < 4.78 is 5.51. The molecule has 1 saturated carbocycles. The maximum absolute atomic E-state index is 12.4. The predicted molar refractivity (Wildman–Crippen MR) is 93.3 cm³/mol. The van der Waals surface area contributed by atoms with Crippen molar-refractivity contribution >= 4 is 6.03 Å². The number of carbonyl (C=O) groups is 1. The average molecular weight is 332 g/mol. The van der Waals surface area contributed by atoms with E-state index in [4.69, 9.17) is 4.74 Å². The number of hydrogen-bond acceptors (Lipinski definition) is 3. The van der Waals surface area contributed by atoms with Gasteiger partial charge in [-0.1, -0.05) is 24.6 Å². The number of benzene rings is 1. The summed E-state index contributed by atoms with van der Waals surface area (Å²) in [5, 5.41) is 13.1. The zero-order chi connectivity index (χ0) is 17.4. The molecule has 2 fully saturated rings. The number of aliphatic hydroxyl groups is 1. The van der Waals surface area contributed by atoms with Crippen LogP contribution < -0.4 is 10.1 Å². The van der Waals surface area contributed by atoms with E-state index < -0.39 is 5.60 Å². The fourth-order valence-electron chi connectivity index (χ4n) is 3.68. The van der Waals surface area contributed by atoms with Gasteiger partial charge >= 0.3 is 6.03 Å². The van der Waals surface area contributed by atoms with E-state index in [-0.39, 0.29) is 17.4 Å². The minimum Gasteiger partial charge on any atom is -0.496 e. The Kier molecular flexibility index (Phi) is 4.47. The first kappa shape index (κ1) is 17.1. The van der Waals surface area contributed by atoms with Crippen molar-refractivity contribution in [3.63, 3.8) is 0 Å². The van der Waals surface area contributed by atoms with Gasteiger partial charge in [0.1, 0.15) is 5.75 Å². The van der Waals surface area contributed by atoms with Gasteiger partial charge in [-0.05, 0) is 32.8 Å². The third-order valence-electron chi connectivity index (χ3n) is 5.73. The number of rotatable bonds is 5. The van der Waals surface area contributed by atoms with E-state index in [9.17, 15) is 9.90 Å². The molecule has 1 aromatic rings. The van der Waals surface area contributed by atoms with Gasteiger partial charge in [-0.2, -0.15) is 0 Å². The Labute approximate surface area is 144 Å². The molecule has 2 N–H and O–H groups in total. The maximum Gasteiger partial charge on any atom is 0.317 e. The second-order valence-electron chi connectivity index (χ2n) is 7.75. The van der Waals surface area contributed by atoms with Crippen molar-refractivity contribution in [3.05, 3.63) is 29.8 Å². The lowest BCUT2D eigenvalue weighted by atomic mass is 9.64. The zero-order valence-corrected chi connectivity index (χ0v) is 14.8. The van der Waals surface area contributed by atoms with Gasteiger partial charge in [-0.25, -0.2) is 4.79 Å². The van der Waals surface area contributed by atoms with E-state index in [0.717, 1.165) is 18.6 Å². The first-order chi connectivity index (χ1) is 11.4. The van der Waals surface area contributed by atoms with E-state index in [1.807, 2.05) is 18.2 Å². The summed E-state index contributed by atoms with van der Waals surface area (Å²) in [6.07, 6.45) is 3.32. The van der Waals surface area contributed by atoms with Crippen LogP contribution in [0.3, 0.4) is 0 Å². The number of nitrogens with zero attached hydrogens (tertiary/aromatic N) is 1. The first-order valence-corrected chi connectivity index (χ1v) is 8.74. The molecule has 0 atom stereocenters. The molecule has 0 aromatic heterocycles. The Bertz CT molecular complexity index is 599. The highest BCUT2D eigenvalue weighted by Gasteiger charge is 2.43. The van der Waals surface area contributed by atoms with E-state index in [1.54, 1.807) is 25.9 Å². The van der Waals surface area contributed by atoms with Gasteiger partial charge in [0, 0.05) is 36.5 Å². The Morgan fingerprint density at radius 3 is 2.58 bits per heavy atom. The third-order valence-corrected chi connectivity index (χ3v) is 5.73. The van der Waals surface area contributed by atoms with E-state index >= 15 is 0 Å². The van der Waals surface area contributed by atoms with Crippen molar-refractivity contribution < 1.29 is 14.6 Å². The minimum atomic E-state index is -0.719. The Hall–Kier alpha value is -1.75. The summed E-state index contributed by atoms with van der Waals surface area (Å²) in [7, 11) is 1.70. The van der Waals surface area contributed by atoms with Crippen LogP contribution >= 0.6 is 0 Å². The minimum absolute atomic E-state index is 0.0111. The van der Waals surface area contributed by atoms with Crippen LogP contribution in [0.2, 0.25) is 0 Å². The standard InChI is InChI=1S/C19H28N2O3/c1-18(2,23)14-11-21(12-14)17(22)20-13-19(9-6-10-19)15-7-4-5-8-16(15)24-3/h4-5,7-8,14,23H,6,9-13H2,1-3H3,(H,20,22). The molecule has 132 valence electrons. The van der Waals surface area contributed by atoms with Gasteiger partial charge in [0.2, 0.25) is 0 Å². The fourth-order valence-corrected chi connectivity index (χ4v) is 3.68. The number of urea groups is 1. The molecule has 0 spiro atoms. The van der Waals surface area contributed by atoms with Crippen molar-refractivity contribution in [3.8, 4) is 5.75 Å². The van der Waals surface area contributed by atoms with Crippen molar-refractivity contribution in [2.75, 3.05) is 26.7 Å². The highest BCUT2D eigenvalue weighted by molar-refractivity contribution is 5.75. The van der Waals surface area contributed by atoms with Crippen molar-refractivity contribution in [2.24, 2.45) is 5.92 Å². The molecule has 0 radical (unpaired) electrons. The molecule has 2 amide bonds. The molecule has 1 aliphatic heterocycles. The molecular formula is C19H28N2O3. The van der Waals surface area contributed by atoms with Gasteiger partial charge in [0.15, 0.2) is 0 Å². The quantitative estimate of drug-likeness (QED) is 0.871. The van der Waals surface area contributed by atoms with Gasteiger partial charge in [-0.3, -0.25) is 0 Å². The van der Waals surface area contributed by atoms with Crippen LogP contribution in [0.4, 0.5) is 4.79 Å². The van der Waals surface area contributed by atoms with Gasteiger partial charge in [0.05, 0.1) is 12.7 Å². The summed E-state index contributed by atoms with van der Waals surface area (Å²) in [6.45, 7) is 5.49. The van der Waals surface area contributed by atoms with Crippen LogP contribution in [-0.2, 0) is 5.41 Å². The van der Waals surface area contributed by atoms with Gasteiger partial charge < -0.3 is 20.1 Å². The molecule has 2 aliphatic rings. The summed E-state index contributed by atoms with van der Waals surface area (Å²) in [6, 6.07) is 8.07. The van der Waals surface area contributed by atoms with Crippen LogP contribution in [0, 0.1) is 5.92 Å². The number of nitrogens with one attached hydrogen (secondary N) is 1. The SMILES string of the molecule is COc1ccccc1C1(CNC(=O)N2CC(C(C)(C)O)C2)CCC1. The predicted octanol–water partition coefficient (Wildman–Crippen LogP) is 2.53. The molecule has 24 heavy (non-hydrogen) atoms. The lowest BCUT2D eigenvalue weighted by Gasteiger charge is -2.47. The zero-order valence-electron chi connectivity index (χ0n) is 14.8. The van der Waals surface area contributed by atoms with Crippen molar-refractivity contribution in [2.45, 2.75) is 44.1 Å². The normalized spacial score (nSPS) is 20.1. The fraction of sp³-hybridized carbons (Fsp3) is 0.632. The topological polar surface area (TPSA) is 61.8 Å². The van der Waals surface area contributed by atoms with Crippen LogP contribution in [0.1, 0.15) is 38.7 Å². The molecule has 5 heteroatoms. The molecule has 0 bridgehead atoms. The monoisotopic (exact) mass is 332 g/mol. The van der Waals surface area contributed by atoms with Crippen molar-refractivity contribution in [1.29, 1.82) is 0 Å². The summed E-state index contributed by atoms with van der Waals surface area (Å²) in [4.78, 5) is 14.1. The number of methoxy groups -OCH3 is 1. The van der Waals surface area contributed by atoms with Gasteiger partial charge in [-0.15, -0.1) is 0 Å². The number of likely N-dealkylation sites (tertiary alicyclic amines) is 1. The van der Waals surface area contributed by atoms with Gasteiger partial charge in [0.25, 0.3) is 0 Å². The highest BCUT2D eigenvalue weighted by atomic mass is 16.5. The summed E-state index contributed by atoms with van der Waals surface area (Å²) in [5.74, 6) is 1.06. The van der Waals surface area contributed by atoms with E-state index in [1.165, 1.54) is 12.0 Å². The lowest BCUT2D eigenvalue weighted by Crippen LogP contribution is -2.61. The largest absolute Gasteiger partial charge is 0.496 e. The number of carbonyl (C=O) groups excluding carboxylic acids is 1. The molecular weight excluding hydrogens is 304 g/mol. The van der Waals surface area contributed by atoms with Crippen LogP contribution in [0.25, 0.3) is 0 Å². The van der Waals surface area contributed by atoms with Crippen LogP contribution in [-0.4, -0.2) is 48.4 Å². The Morgan fingerprint density at radius 2 is 2.04 bits per heavy atom. The smallest absolute Gasteiger partial charge is 0.317 e. The second-order valence-corrected chi connectivity index (χ2v) is 7.75. The second kappa shape index (κ2) is 6.28. The number of amides is 2.